The van der Waals surface area contributed by atoms with Crippen molar-refractivity contribution in [3.63, 3.8) is 0 Å². The van der Waals surface area contributed by atoms with Crippen LogP contribution in [0.3, 0.4) is 0 Å². The molecule has 4 nitrogen and oxygen atoms in total. The summed E-state index contributed by atoms with van der Waals surface area (Å²) < 4.78 is 14.2. The minimum absolute atomic E-state index is 0.0412. The number of carbonyl (C=O) groups excluding carboxylic acids is 2. The summed E-state index contributed by atoms with van der Waals surface area (Å²) in [5.41, 5.74) is 2.02. The van der Waals surface area contributed by atoms with E-state index in [1.54, 1.807) is 35.2 Å². The minimum atomic E-state index is -0.756. The van der Waals surface area contributed by atoms with Crippen LogP contribution >= 0.6 is 46.6 Å². The number of nitrogens with one attached hydrogen (secondary N) is 1. The van der Waals surface area contributed by atoms with Gasteiger partial charge in [-0.15, -0.1) is 11.8 Å². The van der Waals surface area contributed by atoms with Gasteiger partial charge in [-0.25, -0.2) is 4.39 Å². The summed E-state index contributed by atoms with van der Waals surface area (Å²) in [7, 11) is 0. The molecule has 2 amide bonds. The zero-order valence-electron chi connectivity index (χ0n) is 21.1. The number of carbonyl (C=O) groups is 2. The third kappa shape index (κ3) is 8.91. The van der Waals surface area contributed by atoms with E-state index in [-0.39, 0.29) is 29.9 Å². The van der Waals surface area contributed by atoms with Crippen LogP contribution in [0.25, 0.3) is 0 Å². The SMILES string of the molecule is CCCCNC(=O)C(Cc1ccccc1)N(Cc1ccc(Cl)c(Cl)c1)C(=O)CSCc1c(F)cccc1Cl. The van der Waals surface area contributed by atoms with Crippen molar-refractivity contribution in [2.24, 2.45) is 0 Å². The number of halogens is 4. The third-order valence-corrected chi connectivity index (χ3v) is 8.01. The van der Waals surface area contributed by atoms with E-state index in [0.29, 0.717) is 33.6 Å². The number of unbranched alkanes of at least 4 members (excludes halogenated alkanes) is 1. The van der Waals surface area contributed by atoms with Crippen LogP contribution in [0.5, 0.6) is 0 Å². The molecule has 0 heterocycles. The summed E-state index contributed by atoms with van der Waals surface area (Å²) in [6.07, 6.45) is 2.12. The molecule has 9 heteroatoms. The van der Waals surface area contributed by atoms with Crippen LogP contribution in [0.2, 0.25) is 15.1 Å². The van der Waals surface area contributed by atoms with Crippen molar-refractivity contribution in [1.29, 1.82) is 0 Å². The zero-order valence-corrected chi connectivity index (χ0v) is 24.1. The number of rotatable bonds is 13. The van der Waals surface area contributed by atoms with Crippen molar-refractivity contribution in [3.8, 4) is 0 Å². The lowest BCUT2D eigenvalue weighted by molar-refractivity contribution is -0.139. The second-order valence-corrected chi connectivity index (χ2v) is 11.0. The fourth-order valence-electron chi connectivity index (χ4n) is 3.89. The number of amides is 2. The first kappa shape index (κ1) is 30.3. The topological polar surface area (TPSA) is 49.4 Å². The lowest BCUT2D eigenvalue weighted by atomic mass is 10.0. The van der Waals surface area contributed by atoms with Crippen molar-refractivity contribution in [3.05, 3.63) is 104 Å². The largest absolute Gasteiger partial charge is 0.354 e. The van der Waals surface area contributed by atoms with Crippen LogP contribution < -0.4 is 5.32 Å². The fraction of sp³-hybridized carbons (Fsp3) is 0.310. The minimum Gasteiger partial charge on any atom is -0.354 e. The standard InChI is InChI=1S/C29H30Cl3FN2O2S/c1-2-3-14-34-29(37)27(16-20-8-5-4-6-9-20)35(17-21-12-13-24(31)25(32)15-21)28(36)19-38-18-22-23(30)10-7-11-26(22)33/h4-13,15,27H,2-3,14,16-19H2,1H3,(H,34,37). The Morgan fingerprint density at radius 2 is 1.71 bits per heavy atom. The predicted molar refractivity (Wildman–Crippen MR) is 156 cm³/mol. The Balaban J connectivity index is 1.87. The summed E-state index contributed by atoms with van der Waals surface area (Å²) in [6.45, 7) is 2.73. The molecule has 0 aliphatic heterocycles. The van der Waals surface area contributed by atoms with Crippen LogP contribution in [-0.2, 0) is 28.3 Å². The average Bonchev–Trinajstić information content (AvgIpc) is 2.90. The first-order chi connectivity index (χ1) is 18.3. The van der Waals surface area contributed by atoms with E-state index in [9.17, 15) is 14.0 Å². The van der Waals surface area contributed by atoms with E-state index in [4.69, 9.17) is 34.8 Å². The van der Waals surface area contributed by atoms with Gasteiger partial charge < -0.3 is 10.2 Å². The number of nitrogens with zero attached hydrogens (tertiary/aromatic N) is 1. The molecule has 1 N–H and O–H groups in total. The number of hydrogen-bond acceptors (Lipinski definition) is 3. The van der Waals surface area contributed by atoms with Gasteiger partial charge in [-0.3, -0.25) is 9.59 Å². The molecule has 0 radical (unpaired) electrons. The van der Waals surface area contributed by atoms with Gasteiger partial charge in [0.05, 0.1) is 15.8 Å². The molecule has 0 spiro atoms. The molecule has 0 bridgehead atoms. The van der Waals surface area contributed by atoms with Gasteiger partial charge in [0.2, 0.25) is 11.8 Å². The maximum absolute atomic E-state index is 14.2. The van der Waals surface area contributed by atoms with Gasteiger partial charge in [-0.05, 0) is 41.8 Å². The maximum Gasteiger partial charge on any atom is 0.243 e. The molecule has 0 saturated carbocycles. The van der Waals surface area contributed by atoms with Gasteiger partial charge in [0.15, 0.2) is 0 Å². The number of thioether (sulfide) groups is 1. The molecular formula is C29H30Cl3FN2O2S. The zero-order chi connectivity index (χ0) is 27.5. The molecule has 0 aromatic heterocycles. The summed E-state index contributed by atoms with van der Waals surface area (Å²) in [6, 6.07) is 18.5. The number of hydrogen-bond donors (Lipinski definition) is 1. The highest BCUT2D eigenvalue weighted by atomic mass is 35.5. The second-order valence-electron chi connectivity index (χ2n) is 8.81. The Bertz CT molecular complexity index is 1210. The molecule has 38 heavy (non-hydrogen) atoms. The van der Waals surface area contributed by atoms with Gasteiger partial charge in [0, 0.05) is 35.8 Å². The molecule has 3 rings (SSSR count). The predicted octanol–water partition coefficient (Wildman–Crippen LogP) is 7.58. The lowest BCUT2D eigenvalue weighted by Crippen LogP contribution is -2.51. The fourth-order valence-corrected chi connectivity index (χ4v) is 5.46. The van der Waals surface area contributed by atoms with Gasteiger partial charge >= 0.3 is 0 Å². The smallest absolute Gasteiger partial charge is 0.243 e. The van der Waals surface area contributed by atoms with Crippen molar-refractivity contribution < 1.29 is 14.0 Å². The molecule has 1 unspecified atom stereocenters. The summed E-state index contributed by atoms with van der Waals surface area (Å²) in [5.74, 6) is -0.621. The normalized spacial score (nSPS) is 11.7. The molecule has 3 aromatic rings. The van der Waals surface area contributed by atoms with Gasteiger partial charge in [0.25, 0.3) is 0 Å². The lowest BCUT2D eigenvalue weighted by Gasteiger charge is -2.31. The van der Waals surface area contributed by atoms with E-state index in [2.05, 4.69) is 5.32 Å². The molecule has 0 fully saturated rings. The van der Waals surface area contributed by atoms with Crippen molar-refractivity contribution >= 4 is 58.4 Å². The Labute approximate surface area is 242 Å². The van der Waals surface area contributed by atoms with E-state index in [1.807, 2.05) is 37.3 Å². The summed E-state index contributed by atoms with van der Waals surface area (Å²) in [4.78, 5) is 28.7. The summed E-state index contributed by atoms with van der Waals surface area (Å²) in [5, 5.41) is 4.08. The highest BCUT2D eigenvalue weighted by Crippen LogP contribution is 2.26. The first-order valence-electron chi connectivity index (χ1n) is 12.4. The van der Waals surface area contributed by atoms with E-state index >= 15 is 0 Å². The van der Waals surface area contributed by atoms with Crippen LogP contribution in [0.15, 0.2) is 66.7 Å². The highest BCUT2D eigenvalue weighted by Gasteiger charge is 2.30. The molecule has 0 aliphatic carbocycles. The Hall–Kier alpha value is -2.25. The van der Waals surface area contributed by atoms with Crippen LogP contribution in [-0.4, -0.2) is 35.1 Å². The second kappa shape index (κ2) is 15.4. The third-order valence-electron chi connectivity index (χ3n) is 5.97. The van der Waals surface area contributed by atoms with Crippen molar-refractivity contribution in [1.82, 2.24) is 10.2 Å². The van der Waals surface area contributed by atoms with E-state index in [0.717, 1.165) is 24.0 Å². The first-order valence-corrected chi connectivity index (χ1v) is 14.6. The average molecular weight is 596 g/mol. The summed E-state index contributed by atoms with van der Waals surface area (Å²) >= 11 is 19.8. The molecule has 1 atom stereocenters. The monoisotopic (exact) mass is 594 g/mol. The van der Waals surface area contributed by atoms with E-state index < -0.39 is 11.9 Å². The van der Waals surface area contributed by atoms with Crippen LogP contribution in [0, 0.1) is 5.82 Å². The quantitative estimate of drug-likeness (QED) is 0.207. The van der Waals surface area contributed by atoms with Gasteiger partial charge in [0.1, 0.15) is 11.9 Å². The maximum atomic E-state index is 14.2. The molecule has 202 valence electrons. The molecule has 0 saturated heterocycles. The van der Waals surface area contributed by atoms with Crippen molar-refractivity contribution in [2.75, 3.05) is 12.3 Å². The van der Waals surface area contributed by atoms with E-state index in [1.165, 1.54) is 17.8 Å². The Morgan fingerprint density at radius 3 is 2.39 bits per heavy atom. The Morgan fingerprint density at radius 1 is 0.947 bits per heavy atom. The number of benzene rings is 3. The highest BCUT2D eigenvalue weighted by molar-refractivity contribution is 7.99. The molecule has 3 aromatic carbocycles. The van der Waals surface area contributed by atoms with Crippen LogP contribution in [0.1, 0.15) is 36.5 Å². The van der Waals surface area contributed by atoms with Gasteiger partial charge in [-0.2, -0.15) is 0 Å². The molecule has 0 aliphatic rings. The Kier molecular flexibility index (Phi) is 12.3. The molecular weight excluding hydrogens is 566 g/mol. The van der Waals surface area contributed by atoms with Crippen molar-refractivity contribution in [2.45, 2.75) is 44.5 Å². The van der Waals surface area contributed by atoms with Gasteiger partial charge in [-0.1, -0.05) is 90.6 Å². The van der Waals surface area contributed by atoms with Crippen LogP contribution in [0.4, 0.5) is 4.39 Å².